The zero-order valence-electron chi connectivity index (χ0n) is 13.2. The summed E-state index contributed by atoms with van der Waals surface area (Å²) in [6.45, 7) is 1.89. The summed E-state index contributed by atoms with van der Waals surface area (Å²) in [7, 11) is 0. The summed E-state index contributed by atoms with van der Waals surface area (Å²) in [6.07, 6.45) is 1.43. The molecule has 1 fully saturated rings. The molecule has 1 aromatic heterocycles. The lowest BCUT2D eigenvalue weighted by atomic mass is 10.2. The van der Waals surface area contributed by atoms with E-state index in [1.807, 2.05) is 6.07 Å². The average Bonchev–Trinajstić information content (AvgIpc) is 3.10. The van der Waals surface area contributed by atoms with Gasteiger partial charge in [0.25, 0.3) is 5.91 Å². The van der Waals surface area contributed by atoms with Crippen LogP contribution in [0, 0.1) is 11.3 Å². The van der Waals surface area contributed by atoms with Gasteiger partial charge in [0.15, 0.2) is 0 Å². The van der Waals surface area contributed by atoms with Crippen molar-refractivity contribution in [2.45, 2.75) is 0 Å². The summed E-state index contributed by atoms with van der Waals surface area (Å²) in [6, 6.07) is 10.6. The van der Waals surface area contributed by atoms with Crippen molar-refractivity contribution in [3.05, 3.63) is 51.7 Å². The normalized spacial score (nSPS) is 15.1. The molecule has 1 aliphatic rings. The van der Waals surface area contributed by atoms with Crippen molar-refractivity contribution in [1.82, 2.24) is 4.90 Å². The van der Waals surface area contributed by atoms with Crippen molar-refractivity contribution >= 4 is 35.2 Å². The van der Waals surface area contributed by atoms with Crippen LogP contribution in [0.25, 0.3) is 17.4 Å². The number of carbonyl (C=O) groups excluding carboxylic acids is 1. The van der Waals surface area contributed by atoms with Crippen LogP contribution >= 0.6 is 23.2 Å². The number of halogens is 2. The largest absolute Gasteiger partial charge is 0.457 e. The first kappa shape index (κ1) is 17.6. The first-order valence-electron chi connectivity index (χ1n) is 7.63. The molecule has 0 bridgehead atoms. The van der Waals surface area contributed by atoms with Gasteiger partial charge in [-0.15, -0.1) is 0 Å². The summed E-state index contributed by atoms with van der Waals surface area (Å²) in [4.78, 5) is 14.0. The van der Waals surface area contributed by atoms with Crippen LogP contribution in [-0.2, 0) is 9.53 Å². The van der Waals surface area contributed by atoms with Crippen molar-refractivity contribution in [2.75, 3.05) is 26.3 Å². The second-order valence-electron chi connectivity index (χ2n) is 5.38. The SMILES string of the molecule is N#C/C(=C\c1ccc(-c2cccc(Cl)c2Cl)o1)C(=O)N1CCOCC1. The fourth-order valence-electron chi connectivity index (χ4n) is 2.49. The van der Waals surface area contributed by atoms with Crippen molar-refractivity contribution < 1.29 is 13.9 Å². The van der Waals surface area contributed by atoms with Gasteiger partial charge in [-0.3, -0.25) is 4.79 Å². The fourth-order valence-corrected chi connectivity index (χ4v) is 2.88. The smallest absolute Gasteiger partial charge is 0.264 e. The van der Waals surface area contributed by atoms with Gasteiger partial charge >= 0.3 is 0 Å². The number of ether oxygens (including phenoxy) is 1. The third kappa shape index (κ3) is 3.88. The van der Waals surface area contributed by atoms with E-state index in [4.69, 9.17) is 32.4 Å². The van der Waals surface area contributed by atoms with Crippen molar-refractivity contribution in [2.24, 2.45) is 0 Å². The van der Waals surface area contributed by atoms with Crippen LogP contribution in [0.1, 0.15) is 5.76 Å². The minimum atomic E-state index is -0.329. The Balaban J connectivity index is 1.85. The lowest BCUT2D eigenvalue weighted by molar-refractivity contribution is -0.130. The zero-order valence-corrected chi connectivity index (χ0v) is 14.7. The molecule has 0 aliphatic carbocycles. The van der Waals surface area contributed by atoms with Crippen molar-refractivity contribution in [1.29, 1.82) is 5.26 Å². The molecule has 1 saturated heterocycles. The summed E-state index contributed by atoms with van der Waals surface area (Å²) in [5.41, 5.74) is 0.659. The van der Waals surface area contributed by atoms with Gasteiger partial charge in [-0.1, -0.05) is 29.3 Å². The number of morpholine rings is 1. The Labute approximate surface area is 155 Å². The molecule has 25 heavy (non-hydrogen) atoms. The Morgan fingerprint density at radius 2 is 1.96 bits per heavy atom. The van der Waals surface area contributed by atoms with Gasteiger partial charge in [-0.2, -0.15) is 5.26 Å². The molecule has 1 aromatic carbocycles. The van der Waals surface area contributed by atoms with Crippen LogP contribution in [0.15, 0.2) is 40.3 Å². The Kier molecular flexibility index (Phi) is 5.44. The van der Waals surface area contributed by atoms with Crippen molar-refractivity contribution in [3.63, 3.8) is 0 Å². The van der Waals surface area contributed by atoms with Gasteiger partial charge in [0.2, 0.25) is 0 Å². The molecule has 0 unspecified atom stereocenters. The lowest BCUT2D eigenvalue weighted by Gasteiger charge is -2.26. The molecule has 3 rings (SSSR count). The average molecular weight is 377 g/mol. The van der Waals surface area contributed by atoms with Crippen LogP contribution < -0.4 is 0 Å². The second kappa shape index (κ2) is 7.75. The molecule has 7 heteroatoms. The minimum absolute atomic E-state index is 0.0139. The number of benzene rings is 1. The summed E-state index contributed by atoms with van der Waals surface area (Å²) < 4.78 is 10.9. The number of amides is 1. The third-order valence-corrected chi connectivity index (χ3v) is 4.60. The first-order valence-corrected chi connectivity index (χ1v) is 8.39. The molecule has 0 N–H and O–H groups in total. The molecule has 1 amide bonds. The molecule has 128 valence electrons. The Morgan fingerprint density at radius 3 is 2.68 bits per heavy atom. The Morgan fingerprint density at radius 1 is 1.20 bits per heavy atom. The number of carbonyl (C=O) groups is 1. The topological polar surface area (TPSA) is 66.5 Å². The number of furan rings is 1. The van der Waals surface area contributed by atoms with E-state index in [9.17, 15) is 10.1 Å². The molecule has 0 atom stereocenters. The highest BCUT2D eigenvalue weighted by atomic mass is 35.5. The Bertz CT molecular complexity index is 861. The number of nitrogens with zero attached hydrogens (tertiary/aromatic N) is 2. The molecule has 0 saturated carbocycles. The molecular formula is C18H14Cl2N2O3. The number of nitriles is 1. The molecule has 0 radical (unpaired) electrons. The fraction of sp³-hybridized carbons (Fsp3) is 0.222. The van der Waals surface area contributed by atoms with E-state index in [-0.39, 0.29) is 11.5 Å². The lowest BCUT2D eigenvalue weighted by Crippen LogP contribution is -2.41. The molecule has 1 aliphatic heterocycles. The predicted molar refractivity (Wildman–Crippen MR) is 95.2 cm³/mol. The Hall–Kier alpha value is -2.26. The van der Waals surface area contributed by atoms with Crippen LogP contribution in [0.4, 0.5) is 0 Å². The van der Waals surface area contributed by atoms with Gasteiger partial charge in [0.05, 0.1) is 23.3 Å². The minimum Gasteiger partial charge on any atom is -0.457 e. The summed E-state index contributed by atoms with van der Waals surface area (Å²) in [5, 5.41) is 10.1. The maximum Gasteiger partial charge on any atom is 0.264 e. The third-order valence-electron chi connectivity index (χ3n) is 3.78. The van der Waals surface area contributed by atoms with Gasteiger partial charge in [-0.25, -0.2) is 0 Å². The van der Waals surface area contributed by atoms with E-state index in [0.717, 1.165) is 0 Å². The monoisotopic (exact) mass is 376 g/mol. The number of hydrogen-bond acceptors (Lipinski definition) is 4. The molecular weight excluding hydrogens is 363 g/mol. The highest BCUT2D eigenvalue weighted by Gasteiger charge is 2.21. The van der Waals surface area contributed by atoms with E-state index in [0.29, 0.717) is 53.4 Å². The van der Waals surface area contributed by atoms with E-state index >= 15 is 0 Å². The van der Waals surface area contributed by atoms with Crippen LogP contribution in [-0.4, -0.2) is 37.1 Å². The van der Waals surface area contributed by atoms with Gasteiger partial charge < -0.3 is 14.1 Å². The quantitative estimate of drug-likeness (QED) is 0.599. The van der Waals surface area contributed by atoms with Gasteiger partial charge in [0, 0.05) is 24.7 Å². The van der Waals surface area contributed by atoms with E-state index in [1.165, 1.54) is 6.08 Å². The van der Waals surface area contributed by atoms with E-state index < -0.39 is 0 Å². The number of hydrogen-bond donors (Lipinski definition) is 0. The molecule has 5 nitrogen and oxygen atoms in total. The summed E-state index contributed by atoms with van der Waals surface area (Å²) >= 11 is 12.2. The number of rotatable bonds is 3. The van der Waals surface area contributed by atoms with E-state index in [2.05, 4.69) is 0 Å². The molecule has 2 heterocycles. The first-order chi connectivity index (χ1) is 12.1. The predicted octanol–water partition coefficient (Wildman–Crippen LogP) is 4.02. The van der Waals surface area contributed by atoms with E-state index in [1.54, 1.807) is 35.2 Å². The highest BCUT2D eigenvalue weighted by molar-refractivity contribution is 6.43. The summed E-state index contributed by atoms with van der Waals surface area (Å²) in [5.74, 6) is 0.573. The molecule has 2 aromatic rings. The standard InChI is InChI=1S/C18H14Cl2N2O3/c19-15-3-1-2-14(17(15)20)16-5-4-13(25-16)10-12(11-21)18(23)22-6-8-24-9-7-22/h1-5,10H,6-9H2/b12-10+. The van der Waals surface area contributed by atoms with Crippen LogP contribution in [0.3, 0.4) is 0 Å². The maximum atomic E-state index is 12.4. The van der Waals surface area contributed by atoms with Gasteiger partial charge in [0.1, 0.15) is 23.2 Å². The second-order valence-corrected chi connectivity index (χ2v) is 6.16. The molecule has 0 spiro atoms. The van der Waals surface area contributed by atoms with Crippen LogP contribution in [0.2, 0.25) is 10.0 Å². The van der Waals surface area contributed by atoms with Crippen LogP contribution in [0.5, 0.6) is 0 Å². The van der Waals surface area contributed by atoms with Gasteiger partial charge in [-0.05, 0) is 24.3 Å². The maximum absolute atomic E-state index is 12.4. The van der Waals surface area contributed by atoms with Crippen molar-refractivity contribution in [3.8, 4) is 17.4 Å². The highest BCUT2D eigenvalue weighted by Crippen LogP contribution is 2.34. The zero-order chi connectivity index (χ0) is 17.8.